The summed E-state index contributed by atoms with van der Waals surface area (Å²) in [5.41, 5.74) is 3.16. The van der Waals surface area contributed by atoms with Gasteiger partial charge in [0.25, 0.3) is 11.8 Å². The normalized spacial score (nSPS) is 11.4. The van der Waals surface area contributed by atoms with Crippen LogP contribution in [0.15, 0.2) is 48.5 Å². The molecule has 0 spiro atoms. The van der Waals surface area contributed by atoms with Gasteiger partial charge in [0.2, 0.25) is 0 Å². The molecule has 5 N–H and O–H groups in total. The number of aliphatic hydroxyl groups is 2. The Morgan fingerprint density at radius 2 is 1.50 bits per heavy atom. The molecule has 2 rings (SSSR count). The maximum atomic E-state index is 12.2. The van der Waals surface area contributed by atoms with Crippen LogP contribution in [0.25, 0.3) is 11.1 Å². The average molecular weight is 388 g/mol. The summed E-state index contributed by atoms with van der Waals surface area (Å²) in [5.74, 6) is -2.20. The molecule has 0 radical (unpaired) electrons. The molecular weight excluding hydrogens is 368 g/mol. The van der Waals surface area contributed by atoms with Crippen molar-refractivity contribution in [2.45, 2.75) is 6.04 Å². The third kappa shape index (κ3) is 5.36. The second-order valence-corrected chi connectivity index (χ2v) is 5.68. The monoisotopic (exact) mass is 388 g/mol. The van der Waals surface area contributed by atoms with Crippen molar-refractivity contribution in [2.75, 3.05) is 19.8 Å². The zero-order valence-corrected chi connectivity index (χ0v) is 14.8. The number of carbonyl (C=O) groups excluding carboxylic acids is 3. The van der Waals surface area contributed by atoms with Crippen LogP contribution in [-0.2, 0) is 9.59 Å². The third-order valence-corrected chi connectivity index (χ3v) is 3.82. The van der Waals surface area contributed by atoms with Crippen LogP contribution in [0.2, 0.25) is 0 Å². The largest absolute Gasteiger partial charge is 0.491 e. The Morgan fingerprint density at radius 3 is 2.00 bits per heavy atom. The molecule has 0 aromatic heterocycles. The SMILES string of the molecule is O=C(NC(C(=O)CO)C(=O)NO)c1ccc(-c2ccc(OCCO)cc2)cc1. The van der Waals surface area contributed by atoms with Crippen LogP contribution in [0, 0.1) is 0 Å². The maximum Gasteiger partial charge on any atom is 0.273 e. The van der Waals surface area contributed by atoms with Gasteiger partial charge in [0.05, 0.1) is 6.61 Å². The Labute approximate surface area is 160 Å². The average Bonchev–Trinajstić information content (AvgIpc) is 2.75. The highest BCUT2D eigenvalue weighted by atomic mass is 16.5. The van der Waals surface area contributed by atoms with E-state index in [1.54, 1.807) is 24.3 Å². The van der Waals surface area contributed by atoms with Gasteiger partial charge in [-0.25, -0.2) is 5.48 Å². The molecule has 9 heteroatoms. The van der Waals surface area contributed by atoms with Crippen molar-refractivity contribution >= 4 is 17.6 Å². The Balaban J connectivity index is 2.09. The number of ether oxygens (including phenoxy) is 1. The van der Waals surface area contributed by atoms with Crippen molar-refractivity contribution in [3.05, 3.63) is 54.1 Å². The lowest BCUT2D eigenvalue weighted by Crippen LogP contribution is -2.51. The van der Waals surface area contributed by atoms with Crippen LogP contribution < -0.4 is 15.5 Å². The minimum Gasteiger partial charge on any atom is -0.491 e. The maximum absolute atomic E-state index is 12.2. The predicted molar refractivity (Wildman–Crippen MR) is 97.7 cm³/mol. The first-order chi connectivity index (χ1) is 13.5. The number of hydrogen-bond acceptors (Lipinski definition) is 7. The molecule has 0 aliphatic carbocycles. The quantitative estimate of drug-likeness (QED) is 0.229. The second kappa shape index (κ2) is 10.2. The molecule has 0 heterocycles. The number of carbonyl (C=O) groups is 3. The summed E-state index contributed by atoms with van der Waals surface area (Å²) < 4.78 is 5.29. The molecule has 0 fully saturated rings. The van der Waals surface area contributed by atoms with Crippen molar-refractivity contribution in [1.82, 2.24) is 10.8 Å². The number of aliphatic hydroxyl groups excluding tert-OH is 2. The van der Waals surface area contributed by atoms with E-state index in [2.05, 4.69) is 5.32 Å². The molecular formula is C19H20N2O7. The number of rotatable bonds is 9. The fourth-order valence-corrected chi connectivity index (χ4v) is 2.38. The van der Waals surface area contributed by atoms with Crippen molar-refractivity contribution in [1.29, 1.82) is 0 Å². The van der Waals surface area contributed by atoms with Crippen molar-refractivity contribution in [3.63, 3.8) is 0 Å². The van der Waals surface area contributed by atoms with Crippen LogP contribution in [0.1, 0.15) is 10.4 Å². The number of amides is 2. The summed E-state index contributed by atoms with van der Waals surface area (Å²) in [4.78, 5) is 35.3. The number of Topliss-reactive ketones (excluding diaryl/α,β-unsaturated/α-hetero) is 1. The van der Waals surface area contributed by atoms with E-state index in [0.717, 1.165) is 11.1 Å². The van der Waals surface area contributed by atoms with Gasteiger partial charge in [-0.1, -0.05) is 24.3 Å². The van der Waals surface area contributed by atoms with Crippen molar-refractivity contribution in [3.8, 4) is 16.9 Å². The molecule has 2 aromatic rings. The van der Waals surface area contributed by atoms with Gasteiger partial charge >= 0.3 is 0 Å². The van der Waals surface area contributed by atoms with Crippen molar-refractivity contribution in [2.24, 2.45) is 0 Å². The minimum atomic E-state index is -1.70. The van der Waals surface area contributed by atoms with Gasteiger partial charge in [-0.3, -0.25) is 19.6 Å². The number of benzene rings is 2. The fraction of sp³-hybridized carbons (Fsp3) is 0.211. The zero-order chi connectivity index (χ0) is 20.5. The molecule has 1 atom stereocenters. The molecule has 0 bridgehead atoms. The van der Waals surface area contributed by atoms with E-state index in [-0.39, 0.29) is 18.8 Å². The molecule has 28 heavy (non-hydrogen) atoms. The van der Waals surface area contributed by atoms with E-state index in [1.165, 1.54) is 17.6 Å². The molecule has 148 valence electrons. The second-order valence-electron chi connectivity index (χ2n) is 5.68. The Hall–Kier alpha value is -3.27. The van der Waals surface area contributed by atoms with E-state index in [4.69, 9.17) is 20.2 Å². The van der Waals surface area contributed by atoms with E-state index < -0.39 is 30.2 Å². The summed E-state index contributed by atoms with van der Waals surface area (Å²) in [7, 11) is 0. The van der Waals surface area contributed by atoms with Gasteiger partial charge in [-0.2, -0.15) is 0 Å². The standard InChI is InChI=1S/C19H20N2O7/c22-9-10-28-15-7-5-13(6-8-15)12-1-3-14(4-2-12)18(25)20-17(16(24)11-23)19(26)21-27/h1-8,17,22-23,27H,9-11H2,(H,20,25)(H,21,26). The van der Waals surface area contributed by atoms with E-state index in [0.29, 0.717) is 5.75 Å². The van der Waals surface area contributed by atoms with Crippen molar-refractivity contribution < 1.29 is 34.5 Å². The molecule has 0 saturated heterocycles. The lowest BCUT2D eigenvalue weighted by molar-refractivity contribution is -0.137. The third-order valence-electron chi connectivity index (χ3n) is 3.82. The first-order valence-corrected chi connectivity index (χ1v) is 8.32. The summed E-state index contributed by atoms with van der Waals surface area (Å²) in [6.45, 7) is -0.831. The highest BCUT2D eigenvalue weighted by Gasteiger charge is 2.27. The topological polar surface area (TPSA) is 145 Å². The number of ketones is 1. The first-order valence-electron chi connectivity index (χ1n) is 8.32. The van der Waals surface area contributed by atoms with Gasteiger partial charge in [-0.05, 0) is 35.4 Å². The highest BCUT2D eigenvalue weighted by molar-refractivity contribution is 6.09. The van der Waals surface area contributed by atoms with Gasteiger partial charge in [0, 0.05) is 5.56 Å². The fourth-order valence-electron chi connectivity index (χ4n) is 2.38. The smallest absolute Gasteiger partial charge is 0.273 e. The van der Waals surface area contributed by atoms with E-state index in [1.807, 2.05) is 12.1 Å². The molecule has 2 aromatic carbocycles. The van der Waals surface area contributed by atoms with Gasteiger partial charge in [-0.15, -0.1) is 0 Å². The lowest BCUT2D eigenvalue weighted by Gasteiger charge is -2.14. The lowest BCUT2D eigenvalue weighted by atomic mass is 10.0. The first kappa shape index (κ1) is 21.0. The zero-order valence-electron chi connectivity index (χ0n) is 14.8. The summed E-state index contributed by atoms with van der Waals surface area (Å²) in [5, 5.41) is 28.5. The summed E-state index contributed by atoms with van der Waals surface area (Å²) in [6.07, 6.45) is 0. The van der Waals surface area contributed by atoms with Gasteiger partial charge in [0.15, 0.2) is 11.8 Å². The Bertz CT molecular complexity index is 803. The minimum absolute atomic E-state index is 0.0734. The molecule has 0 saturated carbocycles. The van der Waals surface area contributed by atoms with Gasteiger partial charge in [0.1, 0.15) is 19.0 Å². The summed E-state index contributed by atoms with van der Waals surface area (Å²) in [6, 6.07) is 11.9. The molecule has 0 aliphatic heterocycles. The predicted octanol–water partition coefficient (Wildman–Crippen LogP) is -0.110. The van der Waals surface area contributed by atoms with Crippen LogP contribution in [0.5, 0.6) is 5.75 Å². The molecule has 2 amide bonds. The van der Waals surface area contributed by atoms with Crippen LogP contribution in [-0.4, -0.2) is 58.9 Å². The molecule has 0 aliphatic rings. The summed E-state index contributed by atoms with van der Waals surface area (Å²) >= 11 is 0. The van der Waals surface area contributed by atoms with Gasteiger partial charge < -0.3 is 20.3 Å². The Morgan fingerprint density at radius 1 is 0.929 bits per heavy atom. The van der Waals surface area contributed by atoms with Crippen LogP contribution in [0.4, 0.5) is 0 Å². The van der Waals surface area contributed by atoms with E-state index in [9.17, 15) is 14.4 Å². The number of hydroxylamine groups is 1. The number of hydrogen-bond donors (Lipinski definition) is 5. The molecule has 9 nitrogen and oxygen atoms in total. The van der Waals surface area contributed by atoms with E-state index >= 15 is 0 Å². The Kier molecular flexibility index (Phi) is 7.64. The highest BCUT2D eigenvalue weighted by Crippen LogP contribution is 2.23. The van der Waals surface area contributed by atoms with Crippen LogP contribution in [0.3, 0.4) is 0 Å². The van der Waals surface area contributed by atoms with Crippen LogP contribution >= 0.6 is 0 Å². The molecule has 1 unspecified atom stereocenters. The number of nitrogens with one attached hydrogen (secondary N) is 2.